The molecule has 1 atom stereocenters. The minimum absolute atomic E-state index is 0.0531. The molecule has 0 aliphatic heterocycles. The van der Waals surface area contributed by atoms with Crippen molar-refractivity contribution in [2.75, 3.05) is 0 Å². The first-order chi connectivity index (χ1) is 14.6. The summed E-state index contributed by atoms with van der Waals surface area (Å²) in [4.78, 5) is 22.0. The molecule has 0 bridgehead atoms. The number of thiol groups is 1. The highest BCUT2D eigenvalue weighted by Gasteiger charge is 2.18. The average molecular weight is 443 g/mol. The number of hydrogen-bond acceptors (Lipinski definition) is 2. The molecule has 0 heterocycles. The lowest BCUT2D eigenvalue weighted by Crippen LogP contribution is -2.16. The van der Waals surface area contributed by atoms with Gasteiger partial charge in [0.05, 0.1) is 5.92 Å². The SMILES string of the molecule is CCCCCCCCCCCCCCCCCCCCCCC(CC(=O)S)C(=O)O. The highest BCUT2D eigenvalue weighted by atomic mass is 32.1. The fourth-order valence-electron chi connectivity index (χ4n) is 4.17. The van der Waals surface area contributed by atoms with Crippen molar-refractivity contribution in [3.05, 3.63) is 0 Å². The molecule has 0 spiro atoms. The topological polar surface area (TPSA) is 54.4 Å². The first-order valence-corrected chi connectivity index (χ1v) is 13.5. The summed E-state index contributed by atoms with van der Waals surface area (Å²) in [6.45, 7) is 2.28. The van der Waals surface area contributed by atoms with Crippen LogP contribution in [-0.4, -0.2) is 16.2 Å². The number of carboxylic acid groups (broad SMARTS) is 1. The van der Waals surface area contributed by atoms with Crippen molar-refractivity contribution < 1.29 is 14.7 Å². The fourth-order valence-corrected chi connectivity index (χ4v) is 4.39. The van der Waals surface area contributed by atoms with Crippen LogP contribution in [0, 0.1) is 5.92 Å². The molecule has 0 saturated heterocycles. The zero-order valence-corrected chi connectivity index (χ0v) is 20.7. The molecule has 0 fully saturated rings. The third-order valence-electron chi connectivity index (χ3n) is 6.18. The van der Waals surface area contributed by atoms with E-state index in [9.17, 15) is 9.59 Å². The number of carbonyl (C=O) groups is 2. The predicted octanol–water partition coefficient (Wildman–Crippen LogP) is 8.75. The van der Waals surface area contributed by atoms with Crippen LogP contribution in [0.4, 0.5) is 0 Å². The fraction of sp³-hybridized carbons (Fsp3) is 0.923. The molecular weight excluding hydrogens is 392 g/mol. The molecule has 0 amide bonds. The third kappa shape index (κ3) is 22.2. The molecule has 178 valence electrons. The minimum Gasteiger partial charge on any atom is -0.481 e. The summed E-state index contributed by atoms with van der Waals surface area (Å²) >= 11 is 3.70. The van der Waals surface area contributed by atoms with Crippen LogP contribution in [0.25, 0.3) is 0 Å². The van der Waals surface area contributed by atoms with Gasteiger partial charge in [-0.15, -0.1) is 12.6 Å². The van der Waals surface area contributed by atoms with Gasteiger partial charge in [0.25, 0.3) is 0 Å². The van der Waals surface area contributed by atoms with Crippen LogP contribution in [0.2, 0.25) is 0 Å². The van der Waals surface area contributed by atoms with Gasteiger partial charge in [0.1, 0.15) is 0 Å². The Balaban J connectivity index is 3.21. The standard InChI is InChI=1S/C26H50O3S/c1-2-3-4-5-6-7-8-9-10-11-12-13-14-15-16-17-18-19-20-21-22-24(26(28)29)23-25(27)30/h24H,2-23H2,1H3,(H,27,30)(H,28,29). The Morgan fingerprint density at radius 1 is 0.600 bits per heavy atom. The van der Waals surface area contributed by atoms with Crippen molar-refractivity contribution in [3.8, 4) is 0 Å². The van der Waals surface area contributed by atoms with Crippen molar-refractivity contribution in [2.45, 2.75) is 148 Å². The summed E-state index contributed by atoms with van der Waals surface area (Å²) in [5.41, 5.74) is 0. The van der Waals surface area contributed by atoms with Crippen LogP contribution in [0.5, 0.6) is 0 Å². The Bertz CT molecular complexity index is 398. The molecule has 1 N–H and O–H groups in total. The van der Waals surface area contributed by atoms with Crippen LogP contribution in [0.1, 0.15) is 148 Å². The molecule has 3 nitrogen and oxygen atoms in total. The maximum atomic E-state index is 11.1. The number of carbonyl (C=O) groups excluding carboxylic acids is 1. The van der Waals surface area contributed by atoms with Crippen molar-refractivity contribution in [1.82, 2.24) is 0 Å². The van der Waals surface area contributed by atoms with E-state index in [1.807, 2.05) is 0 Å². The van der Waals surface area contributed by atoms with Crippen LogP contribution in [0.15, 0.2) is 0 Å². The molecule has 0 aromatic rings. The highest BCUT2D eigenvalue weighted by Crippen LogP contribution is 2.18. The van der Waals surface area contributed by atoms with Gasteiger partial charge in [-0.25, -0.2) is 0 Å². The van der Waals surface area contributed by atoms with Gasteiger partial charge in [0.15, 0.2) is 5.12 Å². The van der Waals surface area contributed by atoms with E-state index in [0.29, 0.717) is 6.42 Å². The van der Waals surface area contributed by atoms with Crippen LogP contribution >= 0.6 is 12.6 Å². The average Bonchev–Trinajstić information content (AvgIpc) is 2.71. The number of hydrogen-bond donors (Lipinski definition) is 2. The van der Waals surface area contributed by atoms with Crippen LogP contribution in [0.3, 0.4) is 0 Å². The van der Waals surface area contributed by atoms with E-state index in [-0.39, 0.29) is 11.5 Å². The molecule has 0 rings (SSSR count). The molecule has 0 radical (unpaired) electrons. The van der Waals surface area contributed by atoms with E-state index in [2.05, 4.69) is 19.6 Å². The quantitative estimate of drug-likeness (QED) is 0.116. The highest BCUT2D eigenvalue weighted by molar-refractivity contribution is 7.96. The molecule has 0 aromatic heterocycles. The lowest BCUT2D eigenvalue weighted by molar-refractivity contribution is -0.143. The maximum Gasteiger partial charge on any atom is 0.306 e. The largest absolute Gasteiger partial charge is 0.481 e. The zero-order valence-electron chi connectivity index (χ0n) is 19.8. The van der Waals surface area contributed by atoms with Crippen molar-refractivity contribution in [3.63, 3.8) is 0 Å². The normalized spacial score (nSPS) is 12.2. The molecule has 4 heteroatoms. The van der Waals surface area contributed by atoms with E-state index in [4.69, 9.17) is 5.11 Å². The van der Waals surface area contributed by atoms with Gasteiger partial charge in [-0.3, -0.25) is 9.59 Å². The maximum absolute atomic E-state index is 11.1. The van der Waals surface area contributed by atoms with E-state index >= 15 is 0 Å². The molecular formula is C26H50O3S. The van der Waals surface area contributed by atoms with Crippen molar-refractivity contribution in [2.24, 2.45) is 5.92 Å². The first-order valence-electron chi connectivity index (χ1n) is 13.0. The Labute approximate surface area is 192 Å². The molecule has 1 unspecified atom stereocenters. The van der Waals surface area contributed by atoms with Gasteiger partial charge in [-0.2, -0.15) is 0 Å². The number of carboxylic acids is 1. The molecule has 0 aliphatic carbocycles. The summed E-state index contributed by atoms with van der Waals surface area (Å²) in [5.74, 6) is -1.42. The second-order valence-electron chi connectivity index (χ2n) is 9.14. The molecule has 0 aromatic carbocycles. The Kier molecular flexibility index (Phi) is 22.8. The van der Waals surface area contributed by atoms with Crippen LogP contribution < -0.4 is 0 Å². The van der Waals surface area contributed by atoms with Gasteiger partial charge in [0.2, 0.25) is 0 Å². The monoisotopic (exact) mass is 442 g/mol. The van der Waals surface area contributed by atoms with Gasteiger partial charge in [0, 0.05) is 6.42 Å². The molecule has 0 saturated carbocycles. The van der Waals surface area contributed by atoms with E-state index in [1.54, 1.807) is 0 Å². The van der Waals surface area contributed by atoms with Gasteiger partial charge >= 0.3 is 5.97 Å². The van der Waals surface area contributed by atoms with E-state index in [1.165, 1.54) is 116 Å². The zero-order chi connectivity index (χ0) is 22.3. The summed E-state index contributed by atoms with van der Waals surface area (Å²) in [6.07, 6.45) is 27.5. The van der Waals surface area contributed by atoms with Gasteiger partial charge in [-0.1, -0.05) is 135 Å². The smallest absolute Gasteiger partial charge is 0.306 e. The second kappa shape index (κ2) is 23.2. The lowest BCUT2D eigenvalue weighted by Gasteiger charge is -2.09. The van der Waals surface area contributed by atoms with Crippen molar-refractivity contribution in [1.29, 1.82) is 0 Å². The van der Waals surface area contributed by atoms with Crippen LogP contribution in [-0.2, 0) is 9.59 Å². The summed E-state index contributed by atoms with van der Waals surface area (Å²) in [7, 11) is 0. The Morgan fingerprint density at radius 2 is 0.900 bits per heavy atom. The van der Waals surface area contributed by atoms with Gasteiger partial charge < -0.3 is 5.11 Å². The molecule has 0 aliphatic rings. The number of unbranched alkanes of at least 4 members (excludes halogenated alkanes) is 19. The number of aliphatic carboxylic acids is 1. The molecule has 30 heavy (non-hydrogen) atoms. The van der Waals surface area contributed by atoms with E-state index in [0.717, 1.165) is 12.8 Å². The Hall–Kier alpha value is -0.510. The third-order valence-corrected chi connectivity index (χ3v) is 6.36. The summed E-state index contributed by atoms with van der Waals surface area (Å²) < 4.78 is 0. The van der Waals surface area contributed by atoms with E-state index < -0.39 is 11.9 Å². The second-order valence-corrected chi connectivity index (χ2v) is 9.64. The Morgan fingerprint density at radius 3 is 1.17 bits per heavy atom. The van der Waals surface area contributed by atoms with Crippen molar-refractivity contribution >= 4 is 23.7 Å². The summed E-state index contributed by atoms with van der Waals surface area (Å²) in [6, 6.07) is 0. The summed E-state index contributed by atoms with van der Waals surface area (Å²) in [5, 5.41) is 8.77. The first kappa shape index (κ1) is 29.5. The lowest BCUT2D eigenvalue weighted by atomic mass is 9.97. The predicted molar refractivity (Wildman–Crippen MR) is 132 cm³/mol. The van der Waals surface area contributed by atoms with Gasteiger partial charge in [-0.05, 0) is 6.42 Å². The number of rotatable bonds is 24. The minimum atomic E-state index is -0.866.